The molecule has 0 aliphatic heterocycles. The van der Waals surface area contributed by atoms with Gasteiger partial charge in [-0.25, -0.2) is 4.39 Å². The van der Waals surface area contributed by atoms with E-state index in [0.717, 1.165) is 0 Å². The van der Waals surface area contributed by atoms with Gasteiger partial charge in [0, 0.05) is 23.5 Å². The Morgan fingerprint density at radius 2 is 2.06 bits per heavy atom. The number of aryl methyl sites for hydroxylation is 1. The molecule has 4 heteroatoms. The molecule has 0 unspecified atom stereocenters. The largest absolute Gasteiger partial charge is 0.289 e. The van der Waals surface area contributed by atoms with Gasteiger partial charge in [0.05, 0.1) is 5.02 Å². The molecule has 86 valence electrons. The fourth-order valence-electron chi connectivity index (χ4n) is 1.54. The zero-order chi connectivity index (χ0) is 12.4. The molecule has 0 fully saturated rings. The van der Waals surface area contributed by atoms with Crippen molar-refractivity contribution in [1.29, 1.82) is 0 Å². The van der Waals surface area contributed by atoms with Crippen LogP contribution in [0.15, 0.2) is 36.7 Å². The van der Waals surface area contributed by atoms with E-state index in [0.29, 0.717) is 16.7 Å². The fourth-order valence-corrected chi connectivity index (χ4v) is 1.75. The van der Waals surface area contributed by atoms with Crippen LogP contribution in [0.25, 0.3) is 0 Å². The molecule has 0 spiro atoms. The number of halogens is 2. The molecule has 0 amide bonds. The van der Waals surface area contributed by atoms with Crippen molar-refractivity contribution in [2.24, 2.45) is 0 Å². The molecule has 1 heterocycles. The normalized spacial score (nSPS) is 10.3. The molecule has 0 saturated heterocycles. The SMILES string of the molecule is Cc1ccc(F)cc1C(=O)c1ccncc1Cl. The Hall–Kier alpha value is -1.74. The second-order valence-electron chi connectivity index (χ2n) is 3.64. The highest BCUT2D eigenvalue weighted by Crippen LogP contribution is 2.20. The lowest BCUT2D eigenvalue weighted by Crippen LogP contribution is -2.05. The van der Waals surface area contributed by atoms with Gasteiger partial charge in [0.2, 0.25) is 0 Å². The van der Waals surface area contributed by atoms with E-state index < -0.39 is 5.82 Å². The minimum Gasteiger partial charge on any atom is -0.289 e. The van der Waals surface area contributed by atoms with Crippen LogP contribution < -0.4 is 0 Å². The first-order valence-corrected chi connectivity index (χ1v) is 5.38. The summed E-state index contributed by atoms with van der Waals surface area (Å²) in [5.74, 6) is -0.737. The van der Waals surface area contributed by atoms with Crippen molar-refractivity contribution >= 4 is 17.4 Å². The standard InChI is InChI=1S/C13H9ClFNO/c1-8-2-3-9(15)6-11(8)13(17)10-4-5-16-7-12(10)14/h2-7H,1H3. The number of pyridine rings is 1. The van der Waals surface area contributed by atoms with E-state index in [2.05, 4.69) is 4.98 Å². The van der Waals surface area contributed by atoms with Crippen molar-refractivity contribution in [2.45, 2.75) is 6.92 Å². The van der Waals surface area contributed by atoms with Crippen molar-refractivity contribution in [3.8, 4) is 0 Å². The number of nitrogens with zero attached hydrogens (tertiary/aromatic N) is 1. The van der Waals surface area contributed by atoms with Crippen molar-refractivity contribution < 1.29 is 9.18 Å². The topological polar surface area (TPSA) is 30.0 Å². The Labute approximate surface area is 103 Å². The van der Waals surface area contributed by atoms with Gasteiger partial charge in [-0.15, -0.1) is 0 Å². The summed E-state index contributed by atoms with van der Waals surface area (Å²) >= 11 is 5.88. The summed E-state index contributed by atoms with van der Waals surface area (Å²) in [7, 11) is 0. The molecule has 0 atom stereocenters. The minimum absolute atomic E-state index is 0.265. The maximum absolute atomic E-state index is 13.1. The molecule has 0 aliphatic rings. The van der Waals surface area contributed by atoms with E-state index in [1.54, 1.807) is 13.0 Å². The van der Waals surface area contributed by atoms with Gasteiger partial charge < -0.3 is 0 Å². The third kappa shape index (κ3) is 2.34. The van der Waals surface area contributed by atoms with Crippen molar-refractivity contribution in [1.82, 2.24) is 4.98 Å². The zero-order valence-corrected chi connectivity index (χ0v) is 9.83. The number of carbonyl (C=O) groups excluding carboxylic acids is 1. The smallest absolute Gasteiger partial charge is 0.195 e. The van der Waals surface area contributed by atoms with Gasteiger partial charge in [0.15, 0.2) is 5.78 Å². The van der Waals surface area contributed by atoms with E-state index in [4.69, 9.17) is 11.6 Å². The van der Waals surface area contributed by atoms with Crippen LogP contribution in [-0.2, 0) is 0 Å². The van der Waals surface area contributed by atoms with Crippen LogP contribution in [-0.4, -0.2) is 10.8 Å². The lowest BCUT2D eigenvalue weighted by atomic mass is 10.00. The first-order valence-electron chi connectivity index (χ1n) is 5.00. The fraction of sp³-hybridized carbons (Fsp3) is 0.0769. The van der Waals surface area contributed by atoms with Gasteiger partial charge in [0.25, 0.3) is 0 Å². The van der Waals surface area contributed by atoms with Gasteiger partial charge in [0.1, 0.15) is 5.82 Å². The van der Waals surface area contributed by atoms with Crippen LogP contribution in [0.3, 0.4) is 0 Å². The highest BCUT2D eigenvalue weighted by molar-refractivity contribution is 6.34. The van der Waals surface area contributed by atoms with E-state index in [1.807, 2.05) is 0 Å². The van der Waals surface area contributed by atoms with Gasteiger partial charge in [-0.3, -0.25) is 9.78 Å². The third-order valence-corrected chi connectivity index (χ3v) is 2.76. The van der Waals surface area contributed by atoms with Gasteiger partial charge >= 0.3 is 0 Å². The number of aromatic nitrogens is 1. The van der Waals surface area contributed by atoms with Crippen LogP contribution >= 0.6 is 11.6 Å². The van der Waals surface area contributed by atoms with Crippen LogP contribution in [0.2, 0.25) is 5.02 Å². The Bertz CT molecular complexity index is 583. The second kappa shape index (κ2) is 4.63. The number of hydrogen-bond acceptors (Lipinski definition) is 2. The molecule has 0 saturated carbocycles. The summed E-state index contributed by atoms with van der Waals surface area (Å²) in [5, 5.41) is 0.265. The molecule has 2 aromatic rings. The van der Waals surface area contributed by atoms with E-state index >= 15 is 0 Å². The number of ketones is 1. The van der Waals surface area contributed by atoms with Crippen molar-refractivity contribution in [3.05, 3.63) is 64.2 Å². The lowest BCUT2D eigenvalue weighted by Gasteiger charge is -2.06. The summed E-state index contributed by atoms with van der Waals surface area (Å²) in [6.45, 7) is 1.75. The number of hydrogen-bond donors (Lipinski definition) is 0. The zero-order valence-electron chi connectivity index (χ0n) is 9.08. The Kier molecular flexibility index (Phi) is 3.20. The molecule has 0 N–H and O–H groups in total. The molecule has 17 heavy (non-hydrogen) atoms. The van der Waals surface area contributed by atoms with Crippen LogP contribution in [0.4, 0.5) is 4.39 Å². The summed E-state index contributed by atoms with van der Waals surface area (Å²) in [6, 6.07) is 5.63. The molecule has 2 nitrogen and oxygen atoms in total. The maximum Gasteiger partial charge on any atom is 0.195 e. The highest BCUT2D eigenvalue weighted by Gasteiger charge is 2.15. The van der Waals surface area contributed by atoms with Crippen LogP contribution in [0, 0.1) is 12.7 Å². The van der Waals surface area contributed by atoms with Gasteiger partial charge in [-0.05, 0) is 30.7 Å². The first-order chi connectivity index (χ1) is 8.09. The molecular formula is C13H9ClFNO. The molecule has 0 aliphatic carbocycles. The minimum atomic E-state index is -0.441. The molecule has 0 bridgehead atoms. The summed E-state index contributed by atoms with van der Waals surface area (Å²) in [5.41, 5.74) is 1.36. The highest BCUT2D eigenvalue weighted by atomic mass is 35.5. The van der Waals surface area contributed by atoms with E-state index in [-0.39, 0.29) is 10.8 Å². The average Bonchev–Trinajstić information content (AvgIpc) is 2.32. The Balaban J connectivity index is 2.51. The molecule has 0 radical (unpaired) electrons. The Morgan fingerprint density at radius 3 is 2.76 bits per heavy atom. The molecule has 2 rings (SSSR count). The number of carbonyl (C=O) groups is 1. The number of rotatable bonds is 2. The maximum atomic E-state index is 13.1. The third-order valence-electron chi connectivity index (χ3n) is 2.46. The molecule has 1 aromatic heterocycles. The van der Waals surface area contributed by atoms with Crippen LogP contribution in [0.1, 0.15) is 21.5 Å². The van der Waals surface area contributed by atoms with Gasteiger partial charge in [-0.2, -0.15) is 0 Å². The summed E-state index contributed by atoms with van der Waals surface area (Å²) < 4.78 is 13.1. The summed E-state index contributed by atoms with van der Waals surface area (Å²) in [4.78, 5) is 16.0. The predicted octanol–water partition coefficient (Wildman–Crippen LogP) is 3.41. The van der Waals surface area contributed by atoms with Crippen molar-refractivity contribution in [3.63, 3.8) is 0 Å². The quantitative estimate of drug-likeness (QED) is 0.764. The monoisotopic (exact) mass is 249 g/mol. The first kappa shape index (κ1) is 11.7. The van der Waals surface area contributed by atoms with Gasteiger partial charge in [-0.1, -0.05) is 17.7 Å². The number of benzene rings is 1. The average molecular weight is 250 g/mol. The van der Waals surface area contributed by atoms with E-state index in [1.165, 1.54) is 30.6 Å². The predicted molar refractivity (Wildman–Crippen MR) is 63.8 cm³/mol. The summed E-state index contributed by atoms with van der Waals surface area (Å²) in [6.07, 6.45) is 2.87. The van der Waals surface area contributed by atoms with E-state index in [9.17, 15) is 9.18 Å². The van der Waals surface area contributed by atoms with Crippen molar-refractivity contribution in [2.75, 3.05) is 0 Å². The molecular weight excluding hydrogens is 241 g/mol. The Morgan fingerprint density at radius 1 is 1.29 bits per heavy atom. The molecule has 1 aromatic carbocycles. The second-order valence-corrected chi connectivity index (χ2v) is 4.05. The lowest BCUT2D eigenvalue weighted by molar-refractivity contribution is 0.103. The van der Waals surface area contributed by atoms with Crippen LogP contribution in [0.5, 0.6) is 0 Å².